The number of hydrogen-bond donors (Lipinski definition) is 2. The van der Waals surface area contributed by atoms with E-state index < -0.39 is 12.0 Å². The van der Waals surface area contributed by atoms with Gasteiger partial charge < -0.3 is 20.3 Å². The van der Waals surface area contributed by atoms with Gasteiger partial charge in [0.25, 0.3) is 0 Å². The molecule has 6 heteroatoms. The topological polar surface area (TPSA) is 81.8 Å². The van der Waals surface area contributed by atoms with Crippen molar-refractivity contribution in [3.05, 3.63) is 0 Å². The summed E-state index contributed by atoms with van der Waals surface area (Å²) >= 11 is 1.65. The van der Waals surface area contributed by atoms with Gasteiger partial charge in [-0.2, -0.15) is 11.8 Å². The van der Waals surface area contributed by atoms with E-state index in [1.54, 1.807) is 11.8 Å². The molecule has 5 nitrogen and oxygen atoms in total. The Labute approximate surface area is 105 Å². The van der Waals surface area contributed by atoms with Crippen molar-refractivity contribution in [3.63, 3.8) is 0 Å². The first-order valence-electron chi connectivity index (χ1n) is 5.93. The van der Waals surface area contributed by atoms with E-state index >= 15 is 0 Å². The summed E-state index contributed by atoms with van der Waals surface area (Å²) in [6.07, 6.45) is 2.87. The normalized spacial score (nSPS) is 35.0. The Hall–Kier alpha value is -0.300. The molecule has 0 saturated carbocycles. The van der Waals surface area contributed by atoms with Gasteiger partial charge in [-0.05, 0) is 12.8 Å². The Bertz CT molecular complexity index is 281. The highest BCUT2D eigenvalue weighted by molar-refractivity contribution is 8.00. The molecule has 0 amide bonds. The van der Waals surface area contributed by atoms with Gasteiger partial charge in [-0.25, -0.2) is 0 Å². The molecule has 2 aliphatic rings. The number of ether oxygens (including phenoxy) is 2. The number of thioether (sulfide) groups is 1. The van der Waals surface area contributed by atoms with Crippen LogP contribution in [0.4, 0.5) is 0 Å². The zero-order valence-electron chi connectivity index (χ0n) is 9.76. The Morgan fingerprint density at radius 2 is 2.41 bits per heavy atom. The smallest absolute Gasteiger partial charge is 0.321 e. The lowest BCUT2D eigenvalue weighted by molar-refractivity contribution is -0.137. The number of hydrogen-bond acceptors (Lipinski definition) is 5. The van der Waals surface area contributed by atoms with Gasteiger partial charge in [0.05, 0.1) is 12.2 Å². The molecule has 2 fully saturated rings. The molecule has 0 aromatic heterocycles. The fraction of sp³-hybridized carbons (Fsp3) is 0.909. The molecule has 3 N–H and O–H groups in total. The fourth-order valence-electron chi connectivity index (χ4n) is 2.30. The maximum atomic E-state index is 10.6. The molecule has 0 bridgehead atoms. The highest BCUT2D eigenvalue weighted by Gasteiger charge is 2.41. The molecular weight excluding hydrogens is 242 g/mol. The molecule has 0 radical (unpaired) electrons. The predicted molar refractivity (Wildman–Crippen MR) is 65.2 cm³/mol. The second kappa shape index (κ2) is 5.56. The van der Waals surface area contributed by atoms with Crippen LogP contribution in [-0.4, -0.2) is 53.5 Å². The second-order valence-corrected chi connectivity index (χ2v) is 6.06. The number of aliphatic carboxylic acids is 1. The summed E-state index contributed by atoms with van der Waals surface area (Å²) in [5, 5.41) is 9.17. The van der Waals surface area contributed by atoms with E-state index in [4.69, 9.17) is 20.3 Å². The number of carbonyl (C=O) groups is 1. The largest absolute Gasteiger partial charge is 0.480 e. The molecule has 98 valence electrons. The average Bonchev–Trinajstić information content (AvgIpc) is 2.74. The molecule has 3 atom stereocenters. The Kier molecular flexibility index (Phi) is 4.30. The molecule has 2 aliphatic heterocycles. The minimum atomic E-state index is -0.927. The van der Waals surface area contributed by atoms with Gasteiger partial charge in [0, 0.05) is 30.6 Å². The van der Waals surface area contributed by atoms with Crippen LogP contribution in [0.15, 0.2) is 0 Å². The predicted octanol–water partition coefficient (Wildman–Crippen LogP) is 0.470. The van der Waals surface area contributed by atoms with Crippen molar-refractivity contribution in [2.24, 2.45) is 5.73 Å². The standard InChI is InChI=1S/C11H19NO4S/c12-9(10(13)14)6-17-8-1-3-16-11(5-8)2-4-15-7-11/h8-9H,1-7,12H2,(H,13,14)/t8?,9-,11?/m0/s1. The summed E-state index contributed by atoms with van der Waals surface area (Å²) in [6, 6.07) is -0.765. The highest BCUT2D eigenvalue weighted by Crippen LogP contribution is 2.37. The number of rotatable bonds is 4. The second-order valence-electron chi connectivity index (χ2n) is 4.73. The van der Waals surface area contributed by atoms with E-state index in [-0.39, 0.29) is 5.60 Å². The van der Waals surface area contributed by atoms with Crippen molar-refractivity contribution >= 4 is 17.7 Å². The van der Waals surface area contributed by atoms with Crippen molar-refractivity contribution in [1.82, 2.24) is 0 Å². The molecule has 0 aliphatic carbocycles. The average molecular weight is 261 g/mol. The molecule has 2 rings (SSSR count). The first-order chi connectivity index (χ1) is 8.11. The van der Waals surface area contributed by atoms with E-state index in [2.05, 4.69) is 0 Å². The van der Waals surface area contributed by atoms with E-state index in [1.807, 2.05) is 0 Å². The monoisotopic (exact) mass is 261 g/mol. The van der Waals surface area contributed by atoms with Crippen LogP contribution >= 0.6 is 11.8 Å². The molecule has 2 unspecified atom stereocenters. The minimum absolute atomic E-state index is 0.108. The summed E-state index contributed by atoms with van der Waals surface area (Å²) < 4.78 is 11.2. The third-order valence-electron chi connectivity index (χ3n) is 3.34. The van der Waals surface area contributed by atoms with Crippen LogP contribution < -0.4 is 5.73 Å². The van der Waals surface area contributed by atoms with Gasteiger partial charge in [0.2, 0.25) is 0 Å². The van der Waals surface area contributed by atoms with Gasteiger partial charge in [0.1, 0.15) is 6.04 Å². The minimum Gasteiger partial charge on any atom is -0.480 e. The maximum absolute atomic E-state index is 10.6. The van der Waals surface area contributed by atoms with Crippen LogP contribution in [0.1, 0.15) is 19.3 Å². The van der Waals surface area contributed by atoms with Crippen molar-refractivity contribution in [2.45, 2.75) is 36.2 Å². The number of carboxylic acid groups (broad SMARTS) is 1. The van der Waals surface area contributed by atoms with Crippen molar-refractivity contribution in [3.8, 4) is 0 Å². The van der Waals surface area contributed by atoms with Crippen molar-refractivity contribution in [1.29, 1.82) is 0 Å². The fourth-order valence-corrected chi connectivity index (χ4v) is 3.61. The lowest BCUT2D eigenvalue weighted by Gasteiger charge is -2.36. The number of nitrogens with two attached hydrogens (primary N) is 1. The summed E-state index contributed by atoms with van der Waals surface area (Å²) in [7, 11) is 0. The van der Waals surface area contributed by atoms with Crippen LogP contribution in [0, 0.1) is 0 Å². The summed E-state index contributed by atoms with van der Waals surface area (Å²) in [4.78, 5) is 10.6. The molecule has 2 saturated heterocycles. The van der Waals surface area contributed by atoms with E-state index in [9.17, 15) is 4.79 Å². The Morgan fingerprint density at radius 3 is 3.06 bits per heavy atom. The number of carboxylic acids is 1. The van der Waals surface area contributed by atoms with Crippen LogP contribution in [-0.2, 0) is 14.3 Å². The molecular formula is C11H19NO4S. The van der Waals surface area contributed by atoms with Gasteiger partial charge in [-0.1, -0.05) is 0 Å². The first-order valence-corrected chi connectivity index (χ1v) is 6.98. The highest BCUT2D eigenvalue weighted by atomic mass is 32.2. The Balaban J connectivity index is 1.79. The van der Waals surface area contributed by atoms with Crippen LogP contribution in [0.3, 0.4) is 0 Å². The molecule has 0 aromatic rings. The van der Waals surface area contributed by atoms with Crippen LogP contribution in [0.25, 0.3) is 0 Å². The van der Waals surface area contributed by atoms with Crippen LogP contribution in [0.5, 0.6) is 0 Å². The van der Waals surface area contributed by atoms with Gasteiger partial charge in [-0.3, -0.25) is 4.79 Å². The molecule has 17 heavy (non-hydrogen) atoms. The summed E-state index contributed by atoms with van der Waals surface area (Å²) in [5.41, 5.74) is 5.39. The Morgan fingerprint density at radius 1 is 1.59 bits per heavy atom. The third kappa shape index (κ3) is 3.34. The van der Waals surface area contributed by atoms with Gasteiger partial charge in [0.15, 0.2) is 0 Å². The first kappa shape index (κ1) is 13.1. The van der Waals surface area contributed by atoms with Crippen molar-refractivity contribution < 1.29 is 19.4 Å². The lowest BCUT2D eigenvalue weighted by atomic mass is 9.93. The van der Waals surface area contributed by atoms with Gasteiger partial charge in [-0.15, -0.1) is 0 Å². The summed E-state index contributed by atoms with van der Waals surface area (Å²) in [6.45, 7) is 2.18. The zero-order valence-corrected chi connectivity index (χ0v) is 10.6. The quantitative estimate of drug-likeness (QED) is 0.765. The van der Waals surface area contributed by atoms with E-state index in [1.165, 1.54) is 0 Å². The maximum Gasteiger partial charge on any atom is 0.321 e. The van der Waals surface area contributed by atoms with Gasteiger partial charge >= 0.3 is 5.97 Å². The van der Waals surface area contributed by atoms with Crippen molar-refractivity contribution in [2.75, 3.05) is 25.6 Å². The molecule has 0 aromatic carbocycles. The van der Waals surface area contributed by atoms with E-state index in [0.29, 0.717) is 17.6 Å². The molecule has 1 spiro atoms. The third-order valence-corrected chi connectivity index (χ3v) is 4.77. The van der Waals surface area contributed by atoms with Crippen LogP contribution in [0.2, 0.25) is 0 Å². The summed E-state index contributed by atoms with van der Waals surface area (Å²) in [5.74, 6) is -0.458. The zero-order chi connectivity index (χ0) is 12.3. The van der Waals surface area contributed by atoms with E-state index in [0.717, 1.165) is 32.5 Å². The lowest BCUT2D eigenvalue weighted by Crippen LogP contribution is -2.42. The molecule has 2 heterocycles. The SMILES string of the molecule is N[C@@H](CSC1CCOC2(CCOC2)C1)C(=O)O.